The summed E-state index contributed by atoms with van der Waals surface area (Å²) in [5.74, 6) is 0.522. The van der Waals surface area contributed by atoms with Crippen LogP contribution in [0, 0.1) is 5.41 Å². The van der Waals surface area contributed by atoms with Gasteiger partial charge in [-0.05, 0) is 60.0 Å². The maximum Gasteiger partial charge on any atom is 0.410 e. The van der Waals surface area contributed by atoms with Gasteiger partial charge in [0.25, 0.3) is 0 Å². The van der Waals surface area contributed by atoms with Gasteiger partial charge in [0, 0.05) is 24.1 Å². The maximum atomic E-state index is 12.5. The summed E-state index contributed by atoms with van der Waals surface area (Å²) in [7, 11) is 9.34. The Bertz CT molecular complexity index is 780. The number of methoxy groups -OCH3 is 1. The lowest BCUT2D eigenvalue weighted by Crippen LogP contribution is -2.40. The fourth-order valence-corrected chi connectivity index (χ4v) is 3.85. The first-order chi connectivity index (χ1) is 14.6. The third kappa shape index (κ3) is 6.48. The zero-order valence-corrected chi connectivity index (χ0v) is 19.6. The van der Waals surface area contributed by atoms with E-state index in [1.807, 2.05) is 20.8 Å². The molecular weight excluding hydrogens is 395 g/mol. The van der Waals surface area contributed by atoms with Crippen molar-refractivity contribution in [2.24, 2.45) is 5.41 Å². The number of fused-ring (bicyclic) bond motifs is 1. The minimum atomic E-state index is -0.537. The Morgan fingerprint density at radius 3 is 2.65 bits per heavy atom. The van der Waals surface area contributed by atoms with Gasteiger partial charge in [-0.2, -0.15) is 9.97 Å². The highest BCUT2D eigenvalue weighted by Crippen LogP contribution is 2.46. The van der Waals surface area contributed by atoms with E-state index < -0.39 is 5.60 Å². The molecule has 0 saturated heterocycles. The minimum absolute atomic E-state index is 0.151. The topological polar surface area (TPSA) is 77.0 Å². The van der Waals surface area contributed by atoms with Crippen molar-refractivity contribution in [3.05, 3.63) is 11.3 Å². The summed E-state index contributed by atoms with van der Waals surface area (Å²) in [4.78, 5) is 25.6. The van der Waals surface area contributed by atoms with E-state index in [0.29, 0.717) is 44.3 Å². The molecule has 1 saturated carbocycles. The number of hydrogen-bond donors (Lipinski definition) is 0. The van der Waals surface area contributed by atoms with Crippen LogP contribution in [0.3, 0.4) is 0 Å². The van der Waals surface area contributed by atoms with E-state index >= 15 is 0 Å². The molecule has 1 fully saturated rings. The fourth-order valence-electron chi connectivity index (χ4n) is 3.85. The van der Waals surface area contributed by atoms with Crippen molar-refractivity contribution in [3.63, 3.8) is 0 Å². The largest absolute Gasteiger partial charge is 0.481 e. The molecule has 2 heterocycles. The molecule has 2 radical (unpaired) electrons. The van der Waals surface area contributed by atoms with Crippen LogP contribution in [0.25, 0.3) is 0 Å². The highest BCUT2D eigenvalue weighted by Gasteiger charge is 2.44. The van der Waals surface area contributed by atoms with Crippen molar-refractivity contribution in [1.82, 2.24) is 19.8 Å². The molecule has 170 valence electrons. The second-order valence-electron chi connectivity index (χ2n) is 9.76. The van der Waals surface area contributed by atoms with Gasteiger partial charge in [0.2, 0.25) is 5.88 Å². The average Bonchev–Trinajstić information content (AvgIpc) is 3.47. The van der Waals surface area contributed by atoms with Gasteiger partial charge < -0.3 is 24.0 Å². The average molecular weight is 430 g/mol. The molecule has 9 heteroatoms. The van der Waals surface area contributed by atoms with E-state index in [2.05, 4.69) is 21.9 Å². The van der Waals surface area contributed by atoms with E-state index in [1.54, 1.807) is 12.0 Å². The Labute approximate surface area is 187 Å². The van der Waals surface area contributed by atoms with E-state index in [0.717, 1.165) is 43.6 Å². The molecule has 0 atom stereocenters. The normalized spacial score (nSPS) is 17.3. The van der Waals surface area contributed by atoms with Crippen LogP contribution >= 0.6 is 0 Å². The fraction of sp³-hybridized carbons (Fsp3) is 0.773. The molecule has 31 heavy (non-hydrogen) atoms. The quantitative estimate of drug-likeness (QED) is 0.558. The highest BCUT2D eigenvalue weighted by atomic mass is 16.6. The summed E-state index contributed by atoms with van der Waals surface area (Å²) in [6.07, 6.45) is 4.25. The van der Waals surface area contributed by atoms with Crippen molar-refractivity contribution >= 4 is 13.9 Å². The molecule has 0 N–H and O–H groups in total. The van der Waals surface area contributed by atoms with Gasteiger partial charge in [0.05, 0.1) is 33.8 Å². The van der Waals surface area contributed by atoms with Crippen LogP contribution in [0.5, 0.6) is 11.9 Å². The molecule has 0 aromatic carbocycles. The summed E-state index contributed by atoms with van der Waals surface area (Å²) < 4.78 is 17.0. The van der Waals surface area contributed by atoms with E-state index in [1.165, 1.54) is 0 Å². The van der Waals surface area contributed by atoms with Gasteiger partial charge in [-0.1, -0.05) is 6.32 Å². The number of hydrogen-bond acceptors (Lipinski definition) is 7. The van der Waals surface area contributed by atoms with E-state index in [-0.39, 0.29) is 11.5 Å². The van der Waals surface area contributed by atoms with Crippen LogP contribution in [0.4, 0.5) is 4.79 Å². The Morgan fingerprint density at radius 1 is 1.29 bits per heavy atom. The highest BCUT2D eigenvalue weighted by molar-refractivity contribution is 6.08. The third-order valence-electron chi connectivity index (χ3n) is 5.67. The molecule has 1 aliphatic carbocycles. The molecule has 0 bridgehead atoms. The summed E-state index contributed by atoms with van der Waals surface area (Å²) in [5, 5.41) is 0. The second kappa shape index (κ2) is 9.63. The van der Waals surface area contributed by atoms with Gasteiger partial charge in [-0.25, -0.2) is 4.79 Å². The van der Waals surface area contributed by atoms with Gasteiger partial charge in [0.1, 0.15) is 5.60 Å². The first kappa shape index (κ1) is 23.6. The lowest BCUT2D eigenvalue weighted by molar-refractivity contribution is 0.0218. The Kier molecular flexibility index (Phi) is 7.34. The number of rotatable bonds is 9. The van der Waals surface area contributed by atoms with Crippen molar-refractivity contribution < 1.29 is 19.0 Å². The Morgan fingerprint density at radius 2 is 2.03 bits per heavy atom. The van der Waals surface area contributed by atoms with Crippen LogP contribution in [0.15, 0.2) is 0 Å². The molecule has 2 aliphatic rings. The Hall–Kier alpha value is -2.03. The van der Waals surface area contributed by atoms with Crippen LogP contribution in [-0.2, 0) is 17.7 Å². The number of aromatic nitrogens is 2. The smallest absolute Gasteiger partial charge is 0.410 e. The van der Waals surface area contributed by atoms with Crippen LogP contribution in [-0.4, -0.2) is 79.7 Å². The standard InChI is InChI=1S/C22H35BN4O4/c1-21(2,3)31-20(28)27-12-7-16-17(13-27)24-19(25-18(16)29-5)30-15-22(8-9-22)14-26(4)11-6-10-23/h6-15H2,1-5H3. The lowest BCUT2D eigenvalue weighted by Gasteiger charge is -2.31. The van der Waals surface area contributed by atoms with Gasteiger partial charge in [-0.3, -0.25) is 0 Å². The van der Waals surface area contributed by atoms with Crippen LogP contribution in [0.2, 0.25) is 6.32 Å². The van der Waals surface area contributed by atoms with Crippen molar-refractivity contribution in [1.29, 1.82) is 0 Å². The van der Waals surface area contributed by atoms with Crippen LogP contribution < -0.4 is 9.47 Å². The van der Waals surface area contributed by atoms with Gasteiger partial charge in [-0.15, -0.1) is 0 Å². The third-order valence-corrected chi connectivity index (χ3v) is 5.67. The van der Waals surface area contributed by atoms with Crippen molar-refractivity contribution in [2.45, 2.75) is 64.9 Å². The predicted octanol–water partition coefficient (Wildman–Crippen LogP) is 2.85. The minimum Gasteiger partial charge on any atom is -0.481 e. The SMILES string of the molecule is [B]CCCN(C)CC1(COc2nc3c(c(OC)n2)CCN(C(=O)OC(C)(C)C)C3)CC1. The van der Waals surface area contributed by atoms with E-state index in [9.17, 15) is 4.79 Å². The van der Waals surface area contributed by atoms with Crippen LogP contribution in [0.1, 0.15) is 51.3 Å². The molecule has 1 amide bonds. The number of ether oxygens (including phenoxy) is 3. The number of nitrogens with zero attached hydrogens (tertiary/aromatic N) is 4. The predicted molar refractivity (Wildman–Crippen MR) is 119 cm³/mol. The van der Waals surface area contributed by atoms with Crippen molar-refractivity contribution in [3.8, 4) is 11.9 Å². The molecule has 0 unspecified atom stereocenters. The molecule has 0 spiro atoms. The summed E-state index contributed by atoms with van der Waals surface area (Å²) in [6.45, 7) is 9.01. The van der Waals surface area contributed by atoms with Gasteiger partial charge >= 0.3 is 12.1 Å². The maximum absolute atomic E-state index is 12.5. The number of carbonyl (C=O) groups is 1. The summed E-state index contributed by atoms with van der Waals surface area (Å²) in [6, 6.07) is 0.303. The first-order valence-corrected chi connectivity index (χ1v) is 11.1. The molecule has 1 aromatic rings. The summed E-state index contributed by atoms with van der Waals surface area (Å²) >= 11 is 0. The Balaban J connectivity index is 1.66. The monoisotopic (exact) mass is 430 g/mol. The molecule has 8 nitrogen and oxygen atoms in total. The van der Waals surface area contributed by atoms with Gasteiger partial charge in [0.15, 0.2) is 0 Å². The first-order valence-electron chi connectivity index (χ1n) is 11.1. The number of amides is 1. The van der Waals surface area contributed by atoms with Crippen molar-refractivity contribution in [2.75, 3.05) is 40.4 Å². The second-order valence-corrected chi connectivity index (χ2v) is 9.76. The number of carbonyl (C=O) groups excluding carboxylic acids is 1. The zero-order valence-electron chi connectivity index (χ0n) is 19.6. The van der Waals surface area contributed by atoms with E-state index in [4.69, 9.17) is 22.1 Å². The lowest BCUT2D eigenvalue weighted by atomic mass is 10.0. The molecule has 3 rings (SSSR count). The molecular formula is C22H35BN4O4. The molecule has 1 aliphatic heterocycles. The zero-order chi connectivity index (χ0) is 22.6. The summed E-state index contributed by atoms with van der Waals surface area (Å²) in [5.41, 5.74) is 1.30. The molecule has 1 aromatic heterocycles.